The monoisotopic (exact) mass is 228 g/mol. The molecule has 0 heterocycles. The molecule has 6 heteroatoms. The zero-order chi connectivity index (χ0) is 12.9. The number of nitrogens with zero attached hydrogens (tertiary/aromatic N) is 4. The van der Waals surface area contributed by atoms with Gasteiger partial charge >= 0.3 is 5.96 Å². The predicted molar refractivity (Wildman–Crippen MR) is 66.1 cm³/mol. The molecule has 1 unspecified atom stereocenters. The topological polar surface area (TPSA) is 71.0 Å². The molecular formula is C10H22N5O+. The van der Waals surface area contributed by atoms with E-state index in [1.807, 2.05) is 33.1 Å². The molecule has 0 aromatic carbocycles. The average molecular weight is 228 g/mol. The second-order valence-electron chi connectivity index (χ2n) is 4.25. The van der Waals surface area contributed by atoms with Crippen molar-refractivity contribution in [3.63, 3.8) is 0 Å². The summed E-state index contributed by atoms with van der Waals surface area (Å²) in [5.41, 5.74) is 5.83. The number of rotatable bonds is 4. The van der Waals surface area contributed by atoms with Crippen LogP contribution in [0.2, 0.25) is 0 Å². The highest BCUT2D eigenvalue weighted by molar-refractivity contribution is 5.89. The summed E-state index contributed by atoms with van der Waals surface area (Å²) in [6, 6.07) is 0. The lowest BCUT2D eigenvalue weighted by Crippen LogP contribution is -2.60. The first kappa shape index (κ1) is 14.7. The van der Waals surface area contributed by atoms with Crippen LogP contribution in [0.15, 0.2) is 9.98 Å². The van der Waals surface area contributed by atoms with Gasteiger partial charge in [0.1, 0.15) is 0 Å². The number of nitrogens with two attached hydrogens (primary N) is 1. The Balaban J connectivity index is 5.09. The molecule has 0 saturated carbocycles. The summed E-state index contributed by atoms with van der Waals surface area (Å²) in [7, 11) is 7.41. The van der Waals surface area contributed by atoms with Gasteiger partial charge in [-0.3, -0.25) is 4.79 Å². The summed E-state index contributed by atoms with van der Waals surface area (Å²) >= 11 is 0. The molecule has 0 radical (unpaired) electrons. The normalized spacial score (nSPS) is 15.0. The van der Waals surface area contributed by atoms with Gasteiger partial charge in [-0.25, -0.2) is 14.4 Å². The predicted octanol–water partition coefficient (Wildman–Crippen LogP) is -0.140. The third-order valence-corrected chi connectivity index (χ3v) is 2.33. The van der Waals surface area contributed by atoms with Crippen LogP contribution in [0.3, 0.4) is 0 Å². The lowest BCUT2D eigenvalue weighted by Gasteiger charge is -2.36. The van der Waals surface area contributed by atoms with Gasteiger partial charge in [-0.1, -0.05) is 6.92 Å². The van der Waals surface area contributed by atoms with E-state index in [1.54, 1.807) is 6.92 Å². The molecule has 0 bridgehead atoms. The van der Waals surface area contributed by atoms with Crippen LogP contribution < -0.4 is 5.73 Å². The van der Waals surface area contributed by atoms with Crippen LogP contribution in [0.5, 0.6) is 0 Å². The molecule has 0 fully saturated rings. The fourth-order valence-corrected chi connectivity index (χ4v) is 1.40. The summed E-state index contributed by atoms with van der Waals surface area (Å²) in [5, 5.41) is 0. The number of carbonyl (C=O) groups excluding carboxylic acids is 1. The zero-order valence-electron chi connectivity index (χ0n) is 10.8. The fourth-order valence-electron chi connectivity index (χ4n) is 1.40. The standard InChI is InChI=1S/C10H21N5O/c1-7-8(16)13-9(11)15(5,6)10(12-2)14(3)4/h10H,2,7H2,1,3-6H3,(H-,11,13,16)/p+1. The van der Waals surface area contributed by atoms with Crippen molar-refractivity contribution in [3.8, 4) is 0 Å². The van der Waals surface area contributed by atoms with Gasteiger partial charge in [0.25, 0.3) is 5.91 Å². The van der Waals surface area contributed by atoms with Crippen molar-refractivity contribution in [1.82, 2.24) is 4.90 Å². The summed E-state index contributed by atoms with van der Waals surface area (Å²) in [5.74, 6) is 0.00298. The van der Waals surface area contributed by atoms with Crippen molar-refractivity contribution in [2.24, 2.45) is 15.7 Å². The summed E-state index contributed by atoms with van der Waals surface area (Å²) in [4.78, 5) is 20.9. The summed E-state index contributed by atoms with van der Waals surface area (Å²) < 4.78 is 0.183. The molecule has 1 amide bonds. The minimum atomic E-state index is -0.270. The largest absolute Gasteiger partial charge is 0.337 e. The number of guanidine groups is 1. The lowest BCUT2D eigenvalue weighted by molar-refractivity contribution is -0.840. The minimum absolute atomic E-state index is 0.183. The van der Waals surface area contributed by atoms with E-state index in [2.05, 4.69) is 16.7 Å². The maximum absolute atomic E-state index is 11.2. The van der Waals surface area contributed by atoms with Gasteiger partial charge in [0.15, 0.2) is 0 Å². The molecule has 0 aliphatic rings. The van der Waals surface area contributed by atoms with E-state index in [-0.39, 0.29) is 22.6 Å². The number of amides is 1. The van der Waals surface area contributed by atoms with Crippen molar-refractivity contribution in [2.45, 2.75) is 19.6 Å². The molecule has 0 spiro atoms. The average Bonchev–Trinajstić information content (AvgIpc) is 2.17. The molecule has 0 aromatic heterocycles. The van der Waals surface area contributed by atoms with Gasteiger partial charge in [0, 0.05) is 6.42 Å². The molecule has 6 nitrogen and oxygen atoms in total. The molecule has 0 saturated heterocycles. The quantitative estimate of drug-likeness (QED) is 0.315. The number of quaternary nitrogens is 1. The first-order chi connectivity index (χ1) is 7.27. The molecule has 0 aliphatic heterocycles. The second kappa shape index (κ2) is 5.72. The first-order valence-electron chi connectivity index (χ1n) is 5.10. The summed E-state index contributed by atoms with van der Waals surface area (Å²) in [6.07, 6.45) is 0.0721. The van der Waals surface area contributed by atoms with Crippen molar-refractivity contribution in [2.75, 3.05) is 28.2 Å². The number of aliphatic imine (C=N–C) groups is 2. The van der Waals surface area contributed by atoms with Gasteiger partial charge in [0.05, 0.1) is 14.1 Å². The van der Waals surface area contributed by atoms with E-state index in [4.69, 9.17) is 5.73 Å². The lowest BCUT2D eigenvalue weighted by atomic mass is 10.4. The first-order valence-corrected chi connectivity index (χ1v) is 5.10. The third-order valence-electron chi connectivity index (χ3n) is 2.33. The van der Waals surface area contributed by atoms with Crippen LogP contribution in [0, 0.1) is 0 Å². The van der Waals surface area contributed by atoms with E-state index in [9.17, 15) is 4.79 Å². The maximum Gasteiger partial charge on any atom is 0.305 e. The Kier molecular flexibility index (Phi) is 5.26. The Bertz CT molecular complexity index is 296. The molecule has 16 heavy (non-hydrogen) atoms. The van der Waals surface area contributed by atoms with E-state index < -0.39 is 0 Å². The number of hydrogen-bond donors (Lipinski definition) is 1. The Morgan fingerprint density at radius 3 is 2.31 bits per heavy atom. The van der Waals surface area contributed by atoms with Crippen molar-refractivity contribution >= 4 is 18.6 Å². The van der Waals surface area contributed by atoms with Crippen molar-refractivity contribution < 1.29 is 9.28 Å². The van der Waals surface area contributed by atoms with E-state index in [1.165, 1.54) is 0 Å². The highest BCUT2D eigenvalue weighted by atomic mass is 16.1. The van der Waals surface area contributed by atoms with Crippen LogP contribution in [0.4, 0.5) is 0 Å². The molecular weight excluding hydrogens is 206 g/mol. The van der Waals surface area contributed by atoms with Crippen molar-refractivity contribution in [1.29, 1.82) is 0 Å². The summed E-state index contributed by atoms with van der Waals surface area (Å²) in [6.45, 7) is 5.27. The Labute approximate surface area is 97.0 Å². The highest BCUT2D eigenvalue weighted by Crippen LogP contribution is 2.10. The zero-order valence-corrected chi connectivity index (χ0v) is 10.8. The van der Waals surface area contributed by atoms with Gasteiger partial charge in [0.2, 0.25) is 6.29 Å². The smallest absolute Gasteiger partial charge is 0.305 e. The van der Waals surface area contributed by atoms with Gasteiger partial charge in [-0.15, -0.1) is 4.99 Å². The fraction of sp³-hybridized carbons (Fsp3) is 0.700. The van der Waals surface area contributed by atoms with Crippen molar-refractivity contribution in [3.05, 3.63) is 0 Å². The van der Waals surface area contributed by atoms with Gasteiger partial charge in [-0.05, 0) is 20.8 Å². The van der Waals surface area contributed by atoms with Crippen LogP contribution in [0.25, 0.3) is 0 Å². The molecule has 1 atom stereocenters. The third kappa shape index (κ3) is 3.39. The maximum atomic E-state index is 11.2. The van der Waals surface area contributed by atoms with E-state index >= 15 is 0 Å². The second-order valence-corrected chi connectivity index (χ2v) is 4.25. The highest BCUT2D eigenvalue weighted by Gasteiger charge is 2.34. The number of hydrogen-bond acceptors (Lipinski definition) is 3. The van der Waals surface area contributed by atoms with Crippen LogP contribution >= 0.6 is 0 Å². The SMILES string of the molecule is C=NC(N(C)C)[N+](C)(C)C(N)=NC(=O)CC. The van der Waals surface area contributed by atoms with Crippen LogP contribution in [-0.4, -0.2) is 62.4 Å². The molecule has 92 valence electrons. The van der Waals surface area contributed by atoms with Crippen LogP contribution in [-0.2, 0) is 4.79 Å². The van der Waals surface area contributed by atoms with Gasteiger partial charge < -0.3 is 5.73 Å². The molecule has 0 rings (SSSR count). The van der Waals surface area contributed by atoms with E-state index in [0.29, 0.717) is 6.42 Å². The Morgan fingerprint density at radius 1 is 1.50 bits per heavy atom. The molecule has 0 aromatic rings. The molecule has 2 N–H and O–H groups in total. The van der Waals surface area contributed by atoms with Crippen LogP contribution in [0.1, 0.15) is 13.3 Å². The number of carbonyl (C=O) groups is 1. The molecule has 0 aliphatic carbocycles. The Hall–Kier alpha value is -1.27. The Morgan fingerprint density at radius 2 is 2.00 bits per heavy atom. The van der Waals surface area contributed by atoms with Gasteiger partial charge in [-0.2, -0.15) is 0 Å². The van der Waals surface area contributed by atoms with E-state index in [0.717, 1.165) is 0 Å². The minimum Gasteiger partial charge on any atom is -0.337 e.